The van der Waals surface area contributed by atoms with Gasteiger partial charge in [0.25, 0.3) is 0 Å². The SMILES string of the molecule is Cc1cc(C(C)(C)C#N)ccc1CN.Cc1cc(C(C)(C)C#N)ccc1CNC(=O)Cn1cnc2cccc(C#N)c21.N#Cc1cccc2ncn(CC(=O)O)c12. The van der Waals surface area contributed by atoms with Gasteiger partial charge in [0.05, 0.1) is 68.8 Å². The highest BCUT2D eigenvalue weighted by atomic mass is 16.4. The molecule has 0 aliphatic carbocycles. The minimum atomic E-state index is -0.956. The maximum atomic E-state index is 12.4. The summed E-state index contributed by atoms with van der Waals surface area (Å²) in [4.78, 5) is 31.3. The zero-order valence-electron chi connectivity index (χ0n) is 32.8. The molecule has 4 aromatic carbocycles. The number of hydrogen-bond acceptors (Lipinski definition) is 9. The van der Waals surface area contributed by atoms with Crippen molar-refractivity contribution in [1.82, 2.24) is 24.4 Å². The summed E-state index contributed by atoms with van der Waals surface area (Å²) in [7, 11) is 0. The normalized spacial score (nSPS) is 10.8. The third-order valence-corrected chi connectivity index (χ3v) is 9.52. The number of amides is 1. The summed E-state index contributed by atoms with van der Waals surface area (Å²) in [6, 6.07) is 31.1. The van der Waals surface area contributed by atoms with E-state index in [1.54, 1.807) is 41.2 Å². The number of nitrogens with two attached hydrogens (primary N) is 1. The number of carboxylic acids is 1. The van der Waals surface area contributed by atoms with Crippen LogP contribution < -0.4 is 11.1 Å². The van der Waals surface area contributed by atoms with Crippen molar-refractivity contribution in [2.24, 2.45) is 5.73 Å². The lowest BCUT2D eigenvalue weighted by atomic mass is 9.85. The molecule has 288 valence electrons. The van der Waals surface area contributed by atoms with Crippen LogP contribution >= 0.6 is 0 Å². The van der Waals surface area contributed by atoms with Crippen LogP contribution in [0.5, 0.6) is 0 Å². The smallest absolute Gasteiger partial charge is 0.323 e. The quantitative estimate of drug-likeness (QED) is 0.143. The monoisotopic (exact) mass is 760 g/mol. The molecule has 0 bridgehead atoms. The first-order valence-electron chi connectivity index (χ1n) is 18.0. The van der Waals surface area contributed by atoms with Gasteiger partial charge >= 0.3 is 5.97 Å². The van der Waals surface area contributed by atoms with Crippen LogP contribution in [0.2, 0.25) is 0 Å². The van der Waals surface area contributed by atoms with Crippen LogP contribution in [0.1, 0.15) is 72.2 Å². The standard InChI is InChI=1S/C22H21N5O.C12H16N2.C10H7N3O2/c1-15-9-18(22(2,3)13-24)8-7-17(15)11-25-20(28)12-27-14-26-19-6-4-5-16(10-23)21(19)27;1-9-6-11(12(2,3)8-14)5-4-10(9)7-13;11-4-7-2-1-3-8-10(7)13(6-12-8)5-9(14)15/h4-9,14H,11-12H2,1-3H3,(H,25,28);4-6H,7,13H2,1-3H3;1-3,6H,5H2,(H,14,15). The lowest BCUT2D eigenvalue weighted by molar-refractivity contribution is -0.137. The van der Waals surface area contributed by atoms with Gasteiger partial charge < -0.3 is 25.3 Å². The Labute approximate surface area is 331 Å². The van der Waals surface area contributed by atoms with Gasteiger partial charge in [-0.3, -0.25) is 9.59 Å². The van der Waals surface area contributed by atoms with Crippen molar-refractivity contribution in [3.05, 3.63) is 130 Å². The largest absolute Gasteiger partial charge is 0.480 e. The molecule has 0 fully saturated rings. The maximum Gasteiger partial charge on any atom is 0.323 e. The highest BCUT2D eigenvalue weighted by Crippen LogP contribution is 2.26. The Morgan fingerprint density at radius 1 is 0.719 bits per heavy atom. The molecule has 13 nitrogen and oxygen atoms in total. The van der Waals surface area contributed by atoms with Crippen molar-refractivity contribution in [3.8, 4) is 24.3 Å². The van der Waals surface area contributed by atoms with Crippen molar-refractivity contribution in [3.63, 3.8) is 0 Å². The average molecular weight is 761 g/mol. The molecule has 0 spiro atoms. The first kappa shape index (κ1) is 42.4. The van der Waals surface area contributed by atoms with Crippen LogP contribution in [-0.4, -0.2) is 36.1 Å². The number of nitrogens with zero attached hydrogens (tertiary/aromatic N) is 8. The molecule has 57 heavy (non-hydrogen) atoms. The molecule has 0 aliphatic heterocycles. The van der Waals surface area contributed by atoms with Crippen LogP contribution in [0.25, 0.3) is 22.1 Å². The number of carbonyl (C=O) groups excluding carboxylic acids is 1. The zero-order chi connectivity index (χ0) is 41.9. The summed E-state index contributed by atoms with van der Waals surface area (Å²) in [6.45, 7) is 12.5. The number of fused-ring (bicyclic) bond motifs is 2. The number of imidazole rings is 2. The van der Waals surface area contributed by atoms with Gasteiger partial charge in [-0.25, -0.2) is 9.97 Å². The third kappa shape index (κ3) is 10.3. The van der Waals surface area contributed by atoms with E-state index in [4.69, 9.17) is 21.4 Å². The molecule has 0 saturated carbocycles. The van der Waals surface area contributed by atoms with E-state index < -0.39 is 16.8 Å². The number of para-hydroxylation sites is 2. The summed E-state index contributed by atoms with van der Waals surface area (Å²) >= 11 is 0. The second-order valence-electron chi connectivity index (χ2n) is 14.4. The van der Waals surface area contributed by atoms with Crippen LogP contribution in [0, 0.1) is 59.2 Å². The molecule has 0 unspecified atom stereocenters. The molecule has 0 saturated heterocycles. The van der Waals surface area contributed by atoms with E-state index in [1.807, 2.05) is 90.1 Å². The zero-order valence-corrected chi connectivity index (χ0v) is 32.8. The Bertz CT molecular complexity index is 2610. The molecule has 13 heteroatoms. The Balaban J connectivity index is 0.000000209. The van der Waals surface area contributed by atoms with Gasteiger partial charge in [-0.05, 0) is 99.2 Å². The third-order valence-electron chi connectivity index (χ3n) is 9.52. The predicted molar refractivity (Wildman–Crippen MR) is 216 cm³/mol. The second-order valence-corrected chi connectivity index (χ2v) is 14.4. The van der Waals surface area contributed by atoms with Gasteiger partial charge in [0.1, 0.15) is 25.2 Å². The summed E-state index contributed by atoms with van der Waals surface area (Å²) in [6.07, 6.45) is 3.01. The molecule has 2 aromatic heterocycles. The fraction of sp³-hybridized carbons (Fsp3) is 0.273. The highest BCUT2D eigenvalue weighted by Gasteiger charge is 2.21. The van der Waals surface area contributed by atoms with E-state index in [0.717, 1.165) is 33.4 Å². The average Bonchev–Trinajstić information content (AvgIpc) is 3.81. The van der Waals surface area contributed by atoms with Crippen LogP contribution in [0.3, 0.4) is 0 Å². The fourth-order valence-corrected chi connectivity index (χ4v) is 5.95. The van der Waals surface area contributed by atoms with Gasteiger partial charge in [0, 0.05) is 13.1 Å². The number of aliphatic carboxylic acids is 1. The molecular weight excluding hydrogens is 717 g/mol. The number of aromatic nitrogens is 4. The lowest BCUT2D eigenvalue weighted by Crippen LogP contribution is -2.27. The molecular formula is C44H44N10O3. The number of benzene rings is 4. The van der Waals surface area contributed by atoms with E-state index in [2.05, 4.69) is 33.5 Å². The van der Waals surface area contributed by atoms with Crippen LogP contribution in [-0.2, 0) is 46.6 Å². The summed E-state index contributed by atoms with van der Waals surface area (Å²) in [5.41, 5.74) is 14.4. The number of hydrogen-bond donors (Lipinski definition) is 3. The summed E-state index contributed by atoms with van der Waals surface area (Å²) in [5, 5.41) is 48.0. The van der Waals surface area contributed by atoms with Crippen molar-refractivity contribution < 1.29 is 14.7 Å². The molecule has 1 amide bonds. The molecule has 4 N–H and O–H groups in total. The fourth-order valence-electron chi connectivity index (χ4n) is 5.95. The highest BCUT2D eigenvalue weighted by molar-refractivity contribution is 5.85. The molecule has 6 rings (SSSR count). The van der Waals surface area contributed by atoms with Gasteiger partial charge in [-0.1, -0.05) is 48.5 Å². The Kier molecular flexibility index (Phi) is 13.6. The Hall–Kier alpha value is -7.32. The van der Waals surface area contributed by atoms with Gasteiger partial charge in [-0.2, -0.15) is 21.0 Å². The summed E-state index contributed by atoms with van der Waals surface area (Å²) in [5.74, 6) is -1.12. The molecule has 0 aliphatic rings. The molecule has 2 heterocycles. The van der Waals surface area contributed by atoms with E-state index in [1.165, 1.54) is 10.9 Å². The van der Waals surface area contributed by atoms with Crippen LogP contribution in [0.4, 0.5) is 0 Å². The number of nitriles is 4. The number of carboxylic acid groups (broad SMARTS) is 1. The maximum absolute atomic E-state index is 12.4. The van der Waals surface area contributed by atoms with Crippen molar-refractivity contribution in [1.29, 1.82) is 21.0 Å². The first-order valence-corrected chi connectivity index (χ1v) is 18.0. The van der Waals surface area contributed by atoms with Crippen molar-refractivity contribution in [2.75, 3.05) is 0 Å². The minimum Gasteiger partial charge on any atom is -0.480 e. The number of rotatable bonds is 9. The topological polar surface area (TPSA) is 223 Å². The van der Waals surface area contributed by atoms with Crippen molar-refractivity contribution in [2.45, 2.75) is 78.6 Å². The summed E-state index contributed by atoms with van der Waals surface area (Å²) < 4.78 is 3.14. The predicted octanol–water partition coefficient (Wildman–Crippen LogP) is 6.58. The lowest BCUT2D eigenvalue weighted by Gasteiger charge is -2.18. The van der Waals surface area contributed by atoms with E-state index in [-0.39, 0.29) is 19.0 Å². The van der Waals surface area contributed by atoms with E-state index in [0.29, 0.717) is 46.3 Å². The van der Waals surface area contributed by atoms with Gasteiger partial charge in [0.15, 0.2) is 0 Å². The molecule has 0 radical (unpaired) electrons. The van der Waals surface area contributed by atoms with Gasteiger partial charge in [0.2, 0.25) is 5.91 Å². The minimum absolute atomic E-state index is 0.0911. The van der Waals surface area contributed by atoms with Crippen molar-refractivity contribution >= 4 is 33.9 Å². The van der Waals surface area contributed by atoms with E-state index >= 15 is 0 Å². The molecule has 0 atom stereocenters. The Morgan fingerprint density at radius 2 is 1.18 bits per heavy atom. The Morgan fingerprint density at radius 3 is 1.58 bits per heavy atom. The number of nitrogens with one attached hydrogen (secondary N) is 1. The second kappa shape index (κ2) is 18.3. The van der Waals surface area contributed by atoms with Gasteiger partial charge in [-0.15, -0.1) is 0 Å². The number of carbonyl (C=O) groups is 2. The van der Waals surface area contributed by atoms with E-state index in [9.17, 15) is 20.1 Å². The van der Waals surface area contributed by atoms with Crippen LogP contribution in [0.15, 0.2) is 85.5 Å². The number of aryl methyl sites for hydroxylation is 2. The first-order chi connectivity index (χ1) is 27.1. The molecule has 6 aromatic rings.